The van der Waals surface area contributed by atoms with E-state index in [2.05, 4.69) is 140 Å². The summed E-state index contributed by atoms with van der Waals surface area (Å²) in [5.74, 6) is 1.23. The average molecular weight is 519 g/mol. The first-order valence-electron chi connectivity index (χ1n) is 14.1. The predicted octanol–water partition coefficient (Wildman–Crippen LogP) is 10.4. The second-order valence-corrected chi connectivity index (χ2v) is 12.6. The van der Waals surface area contributed by atoms with E-state index in [9.17, 15) is 0 Å². The fraction of sp³-hybridized carbons (Fsp3) is 0.158. The van der Waals surface area contributed by atoms with Crippen molar-refractivity contribution in [2.45, 2.75) is 35.8 Å². The summed E-state index contributed by atoms with van der Waals surface area (Å²) in [6, 6.07) is 41.0. The Morgan fingerprint density at radius 1 is 0.564 bits per heavy atom. The second-order valence-electron chi connectivity index (χ2n) is 11.3. The smallest absolute Gasteiger partial charge is 0.0204 e. The van der Waals surface area contributed by atoms with Gasteiger partial charge in [-0.2, -0.15) is 0 Å². The van der Waals surface area contributed by atoms with Crippen LogP contribution in [0.2, 0.25) is 0 Å². The van der Waals surface area contributed by atoms with Crippen molar-refractivity contribution in [1.29, 1.82) is 0 Å². The molecule has 188 valence electrons. The van der Waals surface area contributed by atoms with Crippen molar-refractivity contribution in [3.8, 4) is 44.5 Å². The fourth-order valence-electron chi connectivity index (χ4n) is 6.90. The molecule has 0 amide bonds. The van der Waals surface area contributed by atoms with Crippen LogP contribution in [-0.4, -0.2) is 5.25 Å². The van der Waals surface area contributed by atoms with E-state index in [-0.39, 0.29) is 0 Å². The van der Waals surface area contributed by atoms with Crippen molar-refractivity contribution in [3.05, 3.63) is 138 Å². The summed E-state index contributed by atoms with van der Waals surface area (Å²) >= 11 is 2.10. The lowest BCUT2D eigenvalue weighted by Gasteiger charge is -2.23. The molecule has 5 aromatic rings. The van der Waals surface area contributed by atoms with Crippen LogP contribution in [0.4, 0.5) is 0 Å². The van der Waals surface area contributed by atoms with Crippen LogP contribution in [0.15, 0.2) is 126 Å². The maximum absolute atomic E-state index is 2.46. The molecule has 3 aliphatic rings. The third-order valence-electron chi connectivity index (χ3n) is 8.85. The van der Waals surface area contributed by atoms with Gasteiger partial charge < -0.3 is 0 Å². The molecule has 0 N–H and O–H groups in total. The maximum atomic E-state index is 2.46. The van der Waals surface area contributed by atoms with Gasteiger partial charge in [0.05, 0.1) is 0 Å². The first-order chi connectivity index (χ1) is 19.2. The Labute approximate surface area is 235 Å². The van der Waals surface area contributed by atoms with E-state index in [0.29, 0.717) is 17.1 Å². The van der Waals surface area contributed by atoms with E-state index in [0.717, 1.165) is 6.42 Å². The molecule has 2 aliphatic carbocycles. The Bertz CT molecular complexity index is 1770. The molecular weight excluding hydrogens is 488 g/mol. The highest BCUT2D eigenvalue weighted by Crippen LogP contribution is 2.53. The molecular formula is C38H30S. The number of allylic oxidation sites excluding steroid dienone is 2. The van der Waals surface area contributed by atoms with E-state index < -0.39 is 0 Å². The van der Waals surface area contributed by atoms with Gasteiger partial charge in [-0.1, -0.05) is 116 Å². The molecule has 1 heteroatoms. The molecule has 8 rings (SSSR count). The largest absolute Gasteiger partial charge is 0.121 e. The van der Waals surface area contributed by atoms with Gasteiger partial charge >= 0.3 is 0 Å². The molecule has 0 bridgehead atoms. The Balaban J connectivity index is 1.22. The monoisotopic (exact) mass is 518 g/mol. The summed E-state index contributed by atoms with van der Waals surface area (Å²) in [7, 11) is 0. The average Bonchev–Trinajstić information content (AvgIpc) is 3.28. The SMILES string of the molecule is CC1C=CC2c3cccc(-c4cccc(-c5ccc6c(c5)-c5ccccc5-c5ccccc5C6)c4)c3SC2C1. The van der Waals surface area contributed by atoms with E-state index in [4.69, 9.17) is 0 Å². The van der Waals surface area contributed by atoms with Crippen LogP contribution < -0.4 is 0 Å². The lowest BCUT2D eigenvalue weighted by molar-refractivity contribution is 0.565. The molecule has 0 saturated carbocycles. The highest BCUT2D eigenvalue weighted by Gasteiger charge is 2.35. The molecule has 0 aromatic heterocycles. The topological polar surface area (TPSA) is 0 Å². The number of hydrogen-bond acceptors (Lipinski definition) is 1. The third kappa shape index (κ3) is 3.83. The summed E-state index contributed by atoms with van der Waals surface area (Å²) in [4.78, 5) is 1.48. The van der Waals surface area contributed by atoms with Gasteiger partial charge in [0.1, 0.15) is 0 Å². The van der Waals surface area contributed by atoms with Gasteiger partial charge in [-0.25, -0.2) is 0 Å². The third-order valence-corrected chi connectivity index (χ3v) is 10.3. The summed E-state index contributed by atoms with van der Waals surface area (Å²) in [5.41, 5.74) is 14.9. The van der Waals surface area contributed by atoms with Gasteiger partial charge in [-0.3, -0.25) is 0 Å². The van der Waals surface area contributed by atoms with Crippen LogP contribution in [0, 0.1) is 5.92 Å². The van der Waals surface area contributed by atoms with Crippen LogP contribution in [0.5, 0.6) is 0 Å². The van der Waals surface area contributed by atoms with Crippen molar-refractivity contribution in [2.24, 2.45) is 5.92 Å². The minimum Gasteiger partial charge on any atom is -0.121 e. The Morgan fingerprint density at radius 2 is 1.26 bits per heavy atom. The van der Waals surface area contributed by atoms with E-state index >= 15 is 0 Å². The van der Waals surface area contributed by atoms with Gasteiger partial charge in [-0.15, -0.1) is 11.8 Å². The zero-order valence-electron chi connectivity index (χ0n) is 22.1. The number of benzene rings is 5. The predicted molar refractivity (Wildman–Crippen MR) is 166 cm³/mol. The summed E-state index contributed by atoms with van der Waals surface area (Å²) in [5, 5.41) is 0.665. The fourth-order valence-corrected chi connectivity index (χ4v) is 8.64. The molecule has 39 heavy (non-hydrogen) atoms. The zero-order chi connectivity index (χ0) is 25.9. The molecule has 1 heterocycles. The number of hydrogen-bond donors (Lipinski definition) is 0. The highest BCUT2D eigenvalue weighted by molar-refractivity contribution is 8.00. The lowest BCUT2D eigenvalue weighted by Crippen LogP contribution is -2.15. The van der Waals surface area contributed by atoms with Crippen molar-refractivity contribution >= 4 is 11.8 Å². The van der Waals surface area contributed by atoms with Crippen LogP contribution in [-0.2, 0) is 6.42 Å². The molecule has 0 radical (unpaired) electrons. The molecule has 5 aromatic carbocycles. The standard InChI is InChI=1S/C38H30S/c1-24-16-19-34-35-15-7-14-31(38(35)39-37(34)20-24)28-10-6-9-25(21-28)26-17-18-29-22-27-8-2-3-11-30(27)32-12-4-5-13-33(32)36(29)23-26/h2-19,21,23-24,34,37H,20,22H2,1H3. The lowest BCUT2D eigenvalue weighted by atomic mass is 9.84. The Morgan fingerprint density at radius 3 is 2.15 bits per heavy atom. The minimum atomic E-state index is 0.554. The molecule has 3 atom stereocenters. The Kier molecular flexibility index (Phi) is 5.42. The highest BCUT2D eigenvalue weighted by atomic mass is 32.2. The number of fused-ring (bicyclic) bond motifs is 8. The van der Waals surface area contributed by atoms with E-state index in [1.165, 1.54) is 72.5 Å². The zero-order valence-corrected chi connectivity index (χ0v) is 22.9. The minimum absolute atomic E-state index is 0.554. The first kappa shape index (κ1) is 23.1. The van der Waals surface area contributed by atoms with Crippen molar-refractivity contribution in [1.82, 2.24) is 0 Å². The summed E-state index contributed by atoms with van der Waals surface area (Å²) < 4.78 is 0. The van der Waals surface area contributed by atoms with Gasteiger partial charge in [0.15, 0.2) is 0 Å². The van der Waals surface area contributed by atoms with Crippen LogP contribution in [0.25, 0.3) is 44.5 Å². The first-order valence-corrected chi connectivity index (χ1v) is 15.0. The summed E-state index contributed by atoms with van der Waals surface area (Å²) in [6.07, 6.45) is 7.10. The van der Waals surface area contributed by atoms with E-state index in [1.807, 2.05) is 0 Å². The second kappa shape index (κ2) is 9.14. The van der Waals surface area contributed by atoms with Crippen LogP contribution in [0.3, 0.4) is 0 Å². The molecule has 0 nitrogen and oxygen atoms in total. The molecule has 1 aliphatic heterocycles. The van der Waals surface area contributed by atoms with Crippen LogP contribution >= 0.6 is 11.8 Å². The van der Waals surface area contributed by atoms with Crippen molar-refractivity contribution in [3.63, 3.8) is 0 Å². The number of thioether (sulfide) groups is 1. The quantitative estimate of drug-likeness (QED) is 0.205. The maximum Gasteiger partial charge on any atom is 0.0204 e. The summed E-state index contributed by atoms with van der Waals surface area (Å²) in [6.45, 7) is 2.35. The molecule has 0 spiro atoms. The molecule has 3 unspecified atom stereocenters. The van der Waals surface area contributed by atoms with Gasteiger partial charge in [0.2, 0.25) is 0 Å². The van der Waals surface area contributed by atoms with E-state index in [1.54, 1.807) is 0 Å². The van der Waals surface area contributed by atoms with Gasteiger partial charge in [0.25, 0.3) is 0 Å². The molecule has 0 fully saturated rings. The normalized spacial score (nSPS) is 20.3. The van der Waals surface area contributed by atoms with Crippen molar-refractivity contribution in [2.75, 3.05) is 0 Å². The van der Waals surface area contributed by atoms with Gasteiger partial charge in [0, 0.05) is 16.1 Å². The van der Waals surface area contributed by atoms with Crippen LogP contribution in [0.1, 0.15) is 36.0 Å². The van der Waals surface area contributed by atoms with Crippen molar-refractivity contribution < 1.29 is 0 Å². The number of rotatable bonds is 2. The van der Waals surface area contributed by atoms with Gasteiger partial charge in [-0.05, 0) is 92.1 Å². The molecule has 0 saturated heterocycles. The Hall–Kier alpha value is -3.81.